The third kappa shape index (κ3) is 4.82. The Balaban J connectivity index is 1.94. The van der Waals surface area contributed by atoms with Crippen LogP contribution in [0.1, 0.15) is 23.0 Å². The molecule has 0 unspecified atom stereocenters. The first-order chi connectivity index (χ1) is 11.0. The van der Waals surface area contributed by atoms with E-state index in [0.717, 1.165) is 0 Å². The molecule has 2 rings (SSSR count). The van der Waals surface area contributed by atoms with Crippen LogP contribution < -0.4 is 4.74 Å². The Morgan fingerprint density at radius 3 is 2.43 bits per heavy atom. The van der Waals surface area contributed by atoms with Gasteiger partial charge in [-0.05, 0) is 65.3 Å². The molecular weight excluding hydrogens is 364 g/mol. The summed E-state index contributed by atoms with van der Waals surface area (Å²) in [5.74, 6) is 0.253. The first kappa shape index (κ1) is 17.0. The summed E-state index contributed by atoms with van der Waals surface area (Å²) in [7, 11) is 1.55. The molecule has 0 saturated carbocycles. The first-order valence-electron chi connectivity index (χ1n) is 6.82. The van der Waals surface area contributed by atoms with Gasteiger partial charge in [0.25, 0.3) is 0 Å². The molecule has 0 bridgehead atoms. The Labute approximate surface area is 142 Å². The molecule has 1 heterocycles. The van der Waals surface area contributed by atoms with E-state index >= 15 is 0 Å². The lowest BCUT2D eigenvalue weighted by Gasteiger charge is -2.11. The summed E-state index contributed by atoms with van der Waals surface area (Å²) >= 11 is 3.16. The Morgan fingerprint density at radius 1 is 1.17 bits per heavy atom. The number of ether oxygens (including phenoxy) is 2. The van der Waals surface area contributed by atoms with Crippen LogP contribution in [-0.2, 0) is 9.53 Å². The normalized spacial score (nSPS) is 12.1. The summed E-state index contributed by atoms with van der Waals surface area (Å²) in [5, 5.41) is 0. The Bertz CT molecular complexity index is 715. The van der Waals surface area contributed by atoms with Gasteiger partial charge in [-0.2, -0.15) is 0 Å². The third-order valence-electron chi connectivity index (χ3n) is 3.01. The largest absolute Gasteiger partial charge is 0.497 e. The van der Waals surface area contributed by atoms with Crippen LogP contribution in [0.5, 0.6) is 5.75 Å². The van der Waals surface area contributed by atoms with Crippen LogP contribution in [0.4, 0.5) is 0 Å². The summed E-state index contributed by atoms with van der Waals surface area (Å²) in [4.78, 5) is 23.9. The van der Waals surface area contributed by atoms with Crippen LogP contribution in [-0.4, -0.2) is 25.0 Å². The number of halogens is 1. The fourth-order valence-electron chi connectivity index (χ4n) is 1.83. The maximum absolute atomic E-state index is 12.2. The van der Waals surface area contributed by atoms with Gasteiger partial charge in [-0.15, -0.1) is 0 Å². The minimum atomic E-state index is -0.885. The fraction of sp³-hybridized carbons (Fsp3) is 0.176. The van der Waals surface area contributed by atoms with E-state index in [2.05, 4.69) is 15.9 Å². The molecule has 2 aromatic rings. The zero-order chi connectivity index (χ0) is 16.8. The second-order valence-corrected chi connectivity index (χ2v) is 5.43. The van der Waals surface area contributed by atoms with Gasteiger partial charge in [-0.1, -0.05) is 0 Å². The van der Waals surface area contributed by atoms with E-state index in [1.807, 2.05) is 0 Å². The van der Waals surface area contributed by atoms with E-state index in [1.54, 1.807) is 43.5 Å². The molecular formula is C17H15BrO5. The number of rotatable bonds is 6. The van der Waals surface area contributed by atoms with Crippen molar-refractivity contribution in [1.29, 1.82) is 0 Å². The molecule has 0 aliphatic carbocycles. The second kappa shape index (κ2) is 7.78. The molecule has 1 aromatic carbocycles. The van der Waals surface area contributed by atoms with Crippen molar-refractivity contribution in [1.82, 2.24) is 0 Å². The van der Waals surface area contributed by atoms with Gasteiger partial charge in [0.15, 0.2) is 10.8 Å². The highest BCUT2D eigenvalue weighted by atomic mass is 79.9. The number of carbonyl (C=O) groups is 2. The van der Waals surface area contributed by atoms with Crippen molar-refractivity contribution < 1.29 is 23.5 Å². The molecule has 1 atom stereocenters. The summed E-state index contributed by atoms with van der Waals surface area (Å²) in [6.07, 6.45) is 1.80. The predicted molar refractivity (Wildman–Crippen MR) is 88.3 cm³/mol. The highest BCUT2D eigenvalue weighted by Gasteiger charge is 2.18. The van der Waals surface area contributed by atoms with Crippen molar-refractivity contribution in [2.75, 3.05) is 7.11 Å². The minimum absolute atomic E-state index is 0.282. The highest BCUT2D eigenvalue weighted by molar-refractivity contribution is 9.10. The van der Waals surface area contributed by atoms with Crippen LogP contribution in [0.15, 0.2) is 51.6 Å². The van der Waals surface area contributed by atoms with E-state index in [-0.39, 0.29) is 5.78 Å². The predicted octanol–water partition coefficient (Wildman–Crippen LogP) is 3.88. The van der Waals surface area contributed by atoms with Gasteiger partial charge in [0.05, 0.1) is 7.11 Å². The quantitative estimate of drug-likeness (QED) is 0.433. The molecule has 0 saturated heterocycles. The van der Waals surface area contributed by atoms with Gasteiger partial charge in [-0.25, -0.2) is 4.79 Å². The molecule has 0 spiro atoms. The number of ketones is 1. The van der Waals surface area contributed by atoms with Gasteiger partial charge in [-0.3, -0.25) is 4.79 Å². The number of Topliss-reactive ketones (excluding diaryl/α,β-unsaturated/α-hetero) is 1. The van der Waals surface area contributed by atoms with Crippen LogP contribution in [0, 0.1) is 0 Å². The second-order valence-electron chi connectivity index (χ2n) is 4.65. The lowest BCUT2D eigenvalue weighted by Crippen LogP contribution is -2.23. The minimum Gasteiger partial charge on any atom is -0.497 e. The molecule has 0 fully saturated rings. The highest BCUT2D eigenvalue weighted by Crippen LogP contribution is 2.16. The Morgan fingerprint density at radius 2 is 1.87 bits per heavy atom. The van der Waals surface area contributed by atoms with Crippen molar-refractivity contribution in [2.24, 2.45) is 0 Å². The molecule has 5 nitrogen and oxygen atoms in total. The molecule has 0 aliphatic rings. The van der Waals surface area contributed by atoms with Gasteiger partial charge in [0.1, 0.15) is 11.5 Å². The van der Waals surface area contributed by atoms with Crippen LogP contribution >= 0.6 is 15.9 Å². The van der Waals surface area contributed by atoms with E-state index in [4.69, 9.17) is 13.9 Å². The van der Waals surface area contributed by atoms with Gasteiger partial charge in [0.2, 0.25) is 5.78 Å². The lowest BCUT2D eigenvalue weighted by molar-refractivity contribution is -0.140. The smallest absolute Gasteiger partial charge is 0.331 e. The Kier molecular flexibility index (Phi) is 5.76. The molecule has 0 N–H and O–H groups in total. The zero-order valence-corrected chi connectivity index (χ0v) is 14.2. The number of hydrogen-bond acceptors (Lipinski definition) is 5. The maximum Gasteiger partial charge on any atom is 0.331 e. The summed E-state index contributed by atoms with van der Waals surface area (Å²) in [5.41, 5.74) is 0.449. The molecule has 0 aliphatic heterocycles. The first-order valence-corrected chi connectivity index (χ1v) is 7.61. The van der Waals surface area contributed by atoms with Crippen molar-refractivity contribution in [3.05, 3.63) is 58.5 Å². The average Bonchev–Trinajstić information content (AvgIpc) is 2.97. The SMILES string of the molecule is COc1ccc(C(=O)[C@H](C)OC(=O)/C=C/c2ccc(Br)o2)cc1. The molecule has 6 heteroatoms. The number of hydrogen-bond donors (Lipinski definition) is 0. The van der Waals surface area contributed by atoms with Gasteiger partial charge in [0, 0.05) is 11.6 Å². The summed E-state index contributed by atoms with van der Waals surface area (Å²) < 4.78 is 15.9. The molecule has 1 aromatic heterocycles. The average molecular weight is 379 g/mol. The monoisotopic (exact) mass is 378 g/mol. The van der Waals surface area contributed by atoms with E-state index in [1.165, 1.54) is 19.1 Å². The van der Waals surface area contributed by atoms with Crippen LogP contribution in [0.2, 0.25) is 0 Å². The van der Waals surface area contributed by atoms with Crippen molar-refractivity contribution >= 4 is 33.8 Å². The standard InChI is InChI=1S/C17H15BrO5/c1-11(17(20)12-3-5-13(21-2)6-4-12)22-16(19)10-8-14-7-9-15(18)23-14/h3-11H,1-2H3/b10-8+/t11-/m0/s1. The Hall–Kier alpha value is -2.34. The molecule has 23 heavy (non-hydrogen) atoms. The van der Waals surface area contributed by atoms with E-state index < -0.39 is 12.1 Å². The topological polar surface area (TPSA) is 65.7 Å². The zero-order valence-electron chi connectivity index (χ0n) is 12.6. The number of carbonyl (C=O) groups excluding carboxylic acids is 2. The fourth-order valence-corrected chi connectivity index (χ4v) is 2.14. The molecule has 120 valence electrons. The van der Waals surface area contributed by atoms with Crippen molar-refractivity contribution in [3.8, 4) is 5.75 Å². The van der Waals surface area contributed by atoms with Crippen LogP contribution in [0.25, 0.3) is 6.08 Å². The summed E-state index contributed by atoms with van der Waals surface area (Å²) in [6.45, 7) is 1.53. The van der Waals surface area contributed by atoms with Crippen LogP contribution in [0.3, 0.4) is 0 Å². The molecule has 0 amide bonds. The summed E-state index contributed by atoms with van der Waals surface area (Å²) in [6, 6.07) is 10.0. The maximum atomic E-state index is 12.2. The van der Waals surface area contributed by atoms with Crippen molar-refractivity contribution in [2.45, 2.75) is 13.0 Å². The number of furan rings is 1. The molecule has 0 radical (unpaired) electrons. The van der Waals surface area contributed by atoms with Crippen molar-refractivity contribution in [3.63, 3.8) is 0 Å². The number of benzene rings is 1. The van der Waals surface area contributed by atoms with E-state index in [9.17, 15) is 9.59 Å². The lowest BCUT2D eigenvalue weighted by atomic mass is 10.1. The van der Waals surface area contributed by atoms with E-state index in [0.29, 0.717) is 21.7 Å². The number of esters is 1. The number of methoxy groups -OCH3 is 1. The van der Waals surface area contributed by atoms with Gasteiger partial charge >= 0.3 is 5.97 Å². The third-order valence-corrected chi connectivity index (χ3v) is 3.44. The van der Waals surface area contributed by atoms with Gasteiger partial charge < -0.3 is 13.9 Å².